The lowest BCUT2D eigenvalue weighted by Gasteiger charge is -2.31. The zero-order chi connectivity index (χ0) is 16.8. The maximum absolute atomic E-state index is 12.2. The zero-order valence-corrected chi connectivity index (χ0v) is 14.6. The lowest BCUT2D eigenvalue weighted by Crippen LogP contribution is -2.50. The predicted octanol–water partition coefficient (Wildman–Crippen LogP) is 1.86. The van der Waals surface area contributed by atoms with E-state index in [1.54, 1.807) is 29.2 Å². The predicted molar refractivity (Wildman–Crippen MR) is 89.3 cm³/mol. The van der Waals surface area contributed by atoms with E-state index in [-0.39, 0.29) is 23.6 Å². The molecule has 2 rings (SSSR count). The lowest BCUT2D eigenvalue weighted by atomic mass is 9.97. The van der Waals surface area contributed by atoms with Crippen molar-refractivity contribution in [3.63, 3.8) is 0 Å². The normalized spacial score (nSPS) is 17.5. The summed E-state index contributed by atoms with van der Waals surface area (Å²) in [6.07, 6.45) is 1.94. The van der Waals surface area contributed by atoms with E-state index in [4.69, 9.17) is 0 Å². The number of nitrogens with one attached hydrogen (secondary N) is 2. The third-order valence-corrected chi connectivity index (χ3v) is 4.56. The van der Waals surface area contributed by atoms with Gasteiger partial charge in [0.05, 0.1) is 11.5 Å². The van der Waals surface area contributed by atoms with Crippen LogP contribution >= 0.6 is 15.9 Å². The van der Waals surface area contributed by atoms with E-state index in [1.807, 2.05) is 6.92 Å². The van der Waals surface area contributed by atoms with Gasteiger partial charge in [-0.05, 0) is 40.9 Å². The van der Waals surface area contributed by atoms with Crippen LogP contribution in [0.3, 0.4) is 0 Å². The van der Waals surface area contributed by atoms with Crippen LogP contribution in [0.25, 0.3) is 0 Å². The fourth-order valence-corrected chi connectivity index (χ4v) is 3.04. The minimum atomic E-state index is -0.386. The summed E-state index contributed by atoms with van der Waals surface area (Å²) in [5.41, 5.74) is 5.32. The van der Waals surface area contributed by atoms with E-state index < -0.39 is 0 Å². The second-order valence-corrected chi connectivity index (χ2v) is 6.31. The summed E-state index contributed by atoms with van der Waals surface area (Å²) in [5, 5.41) is 0. The highest BCUT2D eigenvalue weighted by Gasteiger charge is 2.28. The van der Waals surface area contributed by atoms with E-state index in [9.17, 15) is 14.4 Å². The molecule has 7 heteroatoms. The maximum Gasteiger partial charge on any atom is 0.270 e. The number of hydrogen-bond acceptors (Lipinski definition) is 3. The fraction of sp³-hybridized carbons (Fsp3) is 0.438. The molecule has 0 bridgehead atoms. The van der Waals surface area contributed by atoms with Crippen molar-refractivity contribution in [3.8, 4) is 0 Å². The van der Waals surface area contributed by atoms with Gasteiger partial charge >= 0.3 is 0 Å². The van der Waals surface area contributed by atoms with E-state index in [2.05, 4.69) is 26.8 Å². The average molecular weight is 382 g/mol. The molecule has 1 aliphatic rings. The van der Waals surface area contributed by atoms with Gasteiger partial charge in [-0.1, -0.05) is 19.1 Å². The number of amides is 3. The number of benzene rings is 1. The van der Waals surface area contributed by atoms with Crippen LogP contribution < -0.4 is 10.9 Å². The summed E-state index contributed by atoms with van der Waals surface area (Å²) >= 11 is 3.29. The summed E-state index contributed by atoms with van der Waals surface area (Å²) in [7, 11) is 0. The molecule has 0 aliphatic carbocycles. The Morgan fingerprint density at radius 3 is 2.70 bits per heavy atom. The van der Waals surface area contributed by atoms with Crippen molar-refractivity contribution in [1.82, 2.24) is 15.8 Å². The molecule has 23 heavy (non-hydrogen) atoms. The van der Waals surface area contributed by atoms with Crippen molar-refractivity contribution in [3.05, 3.63) is 34.3 Å². The van der Waals surface area contributed by atoms with Crippen molar-refractivity contribution >= 4 is 33.7 Å². The number of likely N-dealkylation sites (tertiary alicyclic amines) is 1. The smallest absolute Gasteiger partial charge is 0.270 e. The molecule has 0 saturated carbocycles. The Morgan fingerprint density at radius 2 is 2.00 bits per heavy atom. The first-order valence-corrected chi connectivity index (χ1v) is 8.44. The van der Waals surface area contributed by atoms with Crippen LogP contribution in [0.2, 0.25) is 0 Å². The van der Waals surface area contributed by atoms with Gasteiger partial charge in [0.25, 0.3) is 5.91 Å². The lowest BCUT2D eigenvalue weighted by molar-refractivity contribution is -0.135. The summed E-state index contributed by atoms with van der Waals surface area (Å²) in [5.74, 6) is -0.888. The summed E-state index contributed by atoms with van der Waals surface area (Å²) in [4.78, 5) is 37.7. The molecule has 0 spiro atoms. The Morgan fingerprint density at radius 1 is 1.26 bits per heavy atom. The van der Waals surface area contributed by atoms with Crippen LogP contribution in [-0.4, -0.2) is 35.7 Å². The van der Waals surface area contributed by atoms with Gasteiger partial charge < -0.3 is 4.90 Å². The third-order valence-electron chi connectivity index (χ3n) is 3.87. The molecule has 0 aromatic heterocycles. The minimum Gasteiger partial charge on any atom is -0.342 e. The highest BCUT2D eigenvalue weighted by molar-refractivity contribution is 9.10. The molecular formula is C16H20BrN3O3. The first-order valence-electron chi connectivity index (χ1n) is 7.65. The second-order valence-electron chi connectivity index (χ2n) is 5.46. The number of hydrogen-bond donors (Lipinski definition) is 2. The van der Waals surface area contributed by atoms with Gasteiger partial charge in [0.1, 0.15) is 0 Å². The molecule has 1 fully saturated rings. The summed E-state index contributed by atoms with van der Waals surface area (Å²) in [6.45, 7) is 2.91. The van der Waals surface area contributed by atoms with Gasteiger partial charge in [-0.15, -0.1) is 0 Å². The molecule has 3 amide bonds. The number of halogens is 1. The van der Waals surface area contributed by atoms with Crippen molar-refractivity contribution in [1.29, 1.82) is 0 Å². The van der Waals surface area contributed by atoms with Crippen LogP contribution in [0.1, 0.15) is 36.5 Å². The maximum atomic E-state index is 12.2. The molecule has 1 saturated heterocycles. The van der Waals surface area contributed by atoms with Crippen molar-refractivity contribution in [2.75, 3.05) is 13.1 Å². The van der Waals surface area contributed by atoms with Gasteiger partial charge in [0.15, 0.2) is 0 Å². The summed E-state index contributed by atoms with van der Waals surface area (Å²) < 4.78 is 0.657. The number of rotatable bonds is 3. The molecule has 0 radical (unpaired) electrons. The Hall–Kier alpha value is -1.89. The van der Waals surface area contributed by atoms with Crippen LogP contribution in [0.4, 0.5) is 0 Å². The van der Waals surface area contributed by atoms with Crippen molar-refractivity contribution in [2.45, 2.75) is 26.2 Å². The molecule has 1 aliphatic heterocycles. The molecule has 1 heterocycles. The molecule has 1 unspecified atom stereocenters. The van der Waals surface area contributed by atoms with Gasteiger partial charge in [0, 0.05) is 24.0 Å². The number of carbonyl (C=O) groups excluding carboxylic acids is 3. The largest absolute Gasteiger partial charge is 0.342 e. The highest BCUT2D eigenvalue weighted by atomic mass is 79.9. The molecule has 1 aromatic carbocycles. The first-order chi connectivity index (χ1) is 11.0. The van der Waals surface area contributed by atoms with Gasteiger partial charge in [-0.2, -0.15) is 0 Å². The van der Waals surface area contributed by atoms with E-state index >= 15 is 0 Å². The van der Waals surface area contributed by atoms with Crippen LogP contribution in [0, 0.1) is 5.92 Å². The molecule has 6 nitrogen and oxygen atoms in total. The van der Waals surface area contributed by atoms with Crippen molar-refractivity contribution < 1.29 is 14.4 Å². The molecule has 124 valence electrons. The van der Waals surface area contributed by atoms with Crippen LogP contribution in [-0.2, 0) is 9.59 Å². The zero-order valence-electron chi connectivity index (χ0n) is 13.0. The minimum absolute atomic E-state index is 0.0553. The van der Waals surface area contributed by atoms with Crippen LogP contribution in [0.15, 0.2) is 28.7 Å². The van der Waals surface area contributed by atoms with Crippen molar-refractivity contribution in [2.24, 2.45) is 5.92 Å². The molecule has 1 aromatic rings. The molecule has 2 N–H and O–H groups in total. The quantitative estimate of drug-likeness (QED) is 0.784. The standard InChI is InChI=1S/C16H20BrN3O3/c1-2-14(21)20-9-5-6-11(10-20)15(22)18-19-16(23)12-7-3-4-8-13(12)17/h3-4,7-8,11H,2,5-6,9-10H2,1H3,(H,18,22)(H,19,23). The van der Waals surface area contributed by atoms with E-state index in [0.29, 0.717) is 36.0 Å². The SMILES string of the molecule is CCC(=O)N1CCCC(C(=O)NNC(=O)c2ccccc2Br)C1. The third kappa shape index (κ3) is 4.54. The summed E-state index contributed by atoms with van der Waals surface area (Å²) in [6, 6.07) is 6.97. The Kier molecular flexibility index (Phi) is 6.15. The average Bonchev–Trinajstić information content (AvgIpc) is 2.59. The van der Waals surface area contributed by atoms with E-state index in [1.165, 1.54) is 0 Å². The molecule has 1 atom stereocenters. The Balaban J connectivity index is 1.88. The number of nitrogens with zero attached hydrogens (tertiary/aromatic N) is 1. The monoisotopic (exact) mass is 381 g/mol. The molecular weight excluding hydrogens is 362 g/mol. The van der Waals surface area contributed by atoms with Crippen LogP contribution in [0.5, 0.6) is 0 Å². The van der Waals surface area contributed by atoms with Gasteiger partial charge in [0.2, 0.25) is 11.8 Å². The van der Waals surface area contributed by atoms with Gasteiger partial charge in [-0.3, -0.25) is 25.2 Å². The Labute approximate surface area is 143 Å². The number of carbonyl (C=O) groups is 3. The fourth-order valence-electron chi connectivity index (χ4n) is 2.57. The first kappa shape index (κ1) is 17.5. The highest BCUT2D eigenvalue weighted by Crippen LogP contribution is 2.18. The van der Waals surface area contributed by atoms with E-state index in [0.717, 1.165) is 6.42 Å². The second kappa shape index (κ2) is 8.10. The Bertz CT molecular complexity index is 606. The topological polar surface area (TPSA) is 78.5 Å². The number of piperidine rings is 1. The van der Waals surface area contributed by atoms with Gasteiger partial charge in [-0.25, -0.2) is 0 Å². The number of hydrazine groups is 1.